The van der Waals surface area contributed by atoms with E-state index in [1.54, 1.807) is 18.2 Å². The van der Waals surface area contributed by atoms with Gasteiger partial charge in [0.05, 0.1) is 11.5 Å². The summed E-state index contributed by atoms with van der Waals surface area (Å²) in [7, 11) is 0. The van der Waals surface area contributed by atoms with Gasteiger partial charge in [-0.05, 0) is 24.3 Å². The minimum absolute atomic E-state index is 0.122. The van der Waals surface area contributed by atoms with Gasteiger partial charge in [-0.3, -0.25) is 4.79 Å². The Kier molecular flexibility index (Phi) is 4.16. The zero-order chi connectivity index (χ0) is 18.3. The van der Waals surface area contributed by atoms with Gasteiger partial charge in [-0.25, -0.2) is 8.78 Å². The second-order valence-corrected chi connectivity index (χ2v) is 6.43. The first kappa shape index (κ1) is 16.7. The molecule has 1 saturated heterocycles. The van der Waals surface area contributed by atoms with Gasteiger partial charge in [0, 0.05) is 29.7 Å². The molecule has 1 aliphatic rings. The lowest BCUT2D eigenvalue weighted by Gasteiger charge is -2.37. The number of likely N-dealkylation sites (tertiary alicyclic amines) is 1. The van der Waals surface area contributed by atoms with Gasteiger partial charge in [-0.1, -0.05) is 28.9 Å². The van der Waals surface area contributed by atoms with E-state index in [4.69, 9.17) is 16.1 Å². The normalized spacial score (nSPS) is 14.3. The molecule has 1 aliphatic heterocycles. The maximum atomic E-state index is 13.7. The summed E-state index contributed by atoms with van der Waals surface area (Å²) in [6.07, 6.45) is 0. The first-order valence-corrected chi connectivity index (χ1v) is 8.23. The first-order valence-electron chi connectivity index (χ1n) is 7.85. The second kappa shape index (κ2) is 6.49. The molecule has 2 heterocycles. The number of halogens is 3. The molecule has 1 amide bonds. The van der Waals surface area contributed by atoms with Crippen molar-refractivity contribution in [2.45, 2.75) is 5.92 Å². The number of amides is 1. The zero-order valence-electron chi connectivity index (χ0n) is 13.3. The second-order valence-electron chi connectivity index (χ2n) is 6.00. The molecule has 0 N–H and O–H groups in total. The average molecular weight is 376 g/mol. The van der Waals surface area contributed by atoms with Crippen LogP contribution < -0.4 is 0 Å². The Labute approximate surface area is 152 Å². The standard InChI is InChI=1S/C18H12ClF2N3O2/c19-12-3-1-2-10(6-12)16-22-17(26-23-16)11-8-24(9-11)18(25)14-5-4-13(20)7-15(14)21/h1-7,11H,8-9H2. The van der Waals surface area contributed by atoms with Gasteiger partial charge in [0.1, 0.15) is 11.6 Å². The fourth-order valence-corrected chi connectivity index (χ4v) is 2.97. The number of rotatable bonds is 3. The minimum Gasteiger partial charge on any atom is -0.339 e. The summed E-state index contributed by atoms with van der Waals surface area (Å²) in [6.45, 7) is 0.652. The Bertz CT molecular complexity index is 986. The molecule has 0 atom stereocenters. The van der Waals surface area contributed by atoms with Crippen molar-refractivity contribution in [1.82, 2.24) is 15.0 Å². The van der Waals surface area contributed by atoms with E-state index in [1.807, 2.05) is 6.07 Å². The van der Waals surface area contributed by atoms with Crippen molar-refractivity contribution >= 4 is 17.5 Å². The average Bonchev–Trinajstić information content (AvgIpc) is 3.03. The van der Waals surface area contributed by atoms with Crippen LogP contribution in [0.5, 0.6) is 0 Å². The van der Waals surface area contributed by atoms with E-state index in [0.29, 0.717) is 35.9 Å². The predicted molar refractivity (Wildman–Crippen MR) is 89.7 cm³/mol. The number of carbonyl (C=O) groups excluding carboxylic acids is 1. The Morgan fingerprint density at radius 2 is 2.00 bits per heavy atom. The molecule has 0 radical (unpaired) electrons. The van der Waals surface area contributed by atoms with Crippen LogP contribution in [0.3, 0.4) is 0 Å². The van der Waals surface area contributed by atoms with E-state index in [2.05, 4.69) is 10.1 Å². The molecule has 26 heavy (non-hydrogen) atoms. The molecule has 8 heteroatoms. The molecule has 1 aromatic heterocycles. The van der Waals surface area contributed by atoms with Crippen LogP contribution >= 0.6 is 11.6 Å². The van der Waals surface area contributed by atoms with Crippen LogP contribution in [-0.2, 0) is 0 Å². The van der Waals surface area contributed by atoms with Gasteiger partial charge >= 0.3 is 0 Å². The van der Waals surface area contributed by atoms with Crippen molar-refractivity contribution in [2.75, 3.05) is 13.1 Å². The highest BCUT2D eigenvalue weighted by molar-refractivity contribution is 6.30. The third-order valence-corrected chi connectivity index (χ3v) is 4.44. The predicted octanol–water partition coefficient (Wildman–Crippen LogP) is 3.91. The van der Waals surface area contributed by atoms with Gasteiger partial charge in [0.25, 0.3) is 5.91 Å². The fraction of sp³-hybridized carbons (Fsp3) is 0.167. The molecule has 0 spiro atoms. The van der Waals surface area contributed by atoms with Crippen LogP contribution in [0, 0.1) is 11.6 Å². The molecule has 0 unspecified atom stereocenters. The zero-order valence-corrected chi connectivity index (χ0v) is 14.1. The minimum atomic E-state index is -0.875. The first-order chi connectivity index (χ1) is 12.5. The molecule has 0 aliphatic carbocycles. The van der Waals surface area contributed by atoms with Crippen molar-refractivity contribution in [3.63, 3.8) is 0 Å². The molecule has 132 valence electrons. The molecule has 5 nitrogen and oxygen atoms in total. The number of hydrogen-bond donors (Lipinski definition) is 0. The molecule has 4 rings (SSSR count). The van der Waals surface area contributed by atoms with Crippen LogP contribution in [-0.4, -0.2) is 34.0 Å². The fourth-order valence-electron chi connectivity index (χ4n) is 2.78. The summed E-state index contributed by atoms with van der Waals surface area (Å²) >= 11 is 5.95. The van der Waals surface area contributed by atoms with Gasteiger partial charge < -0.3 is 9.42 Å². The van der Waals surface area contributed by atoms with Crippen LogP contribution in [0.25, 0.3) is 11.4 Å². The number of nitrogens with zero attached hydrogens (tertiary/aromatic N) is 3. The maximum Gasteiger partial charge on any atom is 0.256 e. The van der Waals surface area contributed by atoms with Crippen molar-refractivity contribution in [1.29, 1.82) is 0 Å². The smallest absolute Gasteiger partial charge is 0.256 e. The third-order valence-electron chi connectivity index (χ3n) is 4.20. The van der Waals surface area contributed by atoms with E-state index in [0.717, 1.165) is 17.7 Å². The molecule has 3 aromatic rings. The largest absolute Gasteiger partial charge is 0.339 e. The van der Waals surface area contributed by atoms with Gasteiger partial charge in [0.2, 0.25) is 11.7 Å². The lowest BCUT2D eigenvalue weighted by molar-refractivity contribution is 0.0564. The number of aromatic nitrogens is 2. The number of hydrogen-bond acceptors (Lipinski definition) is 4. The van der Waals surface area contributed by atoms with Gasteiger partial charge in [-0.15, -0.1) is 0 Å². The van der Waals surface area contributed by atoms with Crippen molar-refractivity contribution < 1.29 is 18.1 Å². The van der Waals surface area contributed by atoms with Crippen LogP contribution in [0.2, 0.25) is 5.02 Å². The van der Waals surface area contributed by atoms with Crippen LogP contribution in [0.15, 0.2) is 47.0 Å². The Morgan fingerprint density at radius 1 is 1.19 bits per heavy atom. The maximum absolute atomic E-state index is 13.7. The quantitative estimate of drug-likeness (QED) is 0.696. The van der Waals surface area contributed by atoms with Crippen LogP contribution in [0.1, 0.15) is 22.2 Å². The van der Waals surface area contributed by atoms with Crippen molar-refractivity contribution in [2.24, 2.45) is 0 Å². The highest BCUT2D eigenvalue weighted by Crippen LogP contribution is 2.29. The van der Waals surface area contributed by atoms with E-state index in [-0.39, 0.29) is 11.5 Å². The lowest BCUT2D eigenvalue weighted by Crippen LogP contribution is -2.48. The number of benzene rings is 2. The Balaban J connectivity index is 1.44. The molecular weight excluding hydrogens is 364 g/mol. The van der Waals surface area contributed by atoms with E-state index in [1.165, 1.54) is 4.90 Å². The highest BCUT2D eigenvalue weighted by atomic mass is 35.5. The van der Waals surface area contributed by atoms with Crippen molar-refractivity contribution in [3.05, 3.63) is 70.6 Å². The van der Waals surface area contributed by atoms with E-state index < -0.39 is 17.5 Å². The molecule has 1 fully saturated rings. The van der Waals surface area contributed by atoms with Gasteiger partial charge in [-0.2, -0.15) is 4.98 Å². The topological polar surface area (TPSA) is 59.2 Å². The summed E-state index contributed by atoms with van der Waals surface area (Å²) in [6, 6.07) is 9.97. The summed E-state index contributed by atoms with van der Waals surface area (Å²) < 4.78 is 32.0. The molecular formula is C18H12ClF2N3O2. The SMILES string of the molecule is O=C(c1ccc(F)cc1F)N1CC(c2nc(-c3cccc(Cl)c3)no2)C1. The molecule has 0 saturated carbocycles. The number of carbonyl (C=O) groups is 1. The van der Waals surface area contributed by atoms with Gasteiger partial charge in [0.15, 0.2) is 0 Å². The van der Waals surface area contributed by atoms with Crippen LogP contribution in [0.4, 0.5) is 8.78 Å². The Morgan fingerprint density at radius 3 is 2.73 bits per heavy atom. The van der Waals surface area contributed by atoms with E-state index >= 15 is 0 Å². The lowest BCUT2D eigenvalue weighted by atomic mass is 9.98. The third kappa shape index (κ3) is 3.06. The summed E-state index contributed by atoms with van der Waals surface area (Å²) in [5.41, 5.74) is 0.572. The monoisotopic (exact) mass is 375 g/mol. The van der Waals surface area contributed by atoms with Crippen molar-refractivity contribution in [3.8, 4) is 11.4 Å². The summed E-state index contributed by atoms with van der Waals surface area (Å²) in [4.78, 5) is 18.1. The summed E-state index contributed by atoms with van der Waals surface area (Å²) in [5.74, 6) is -1.39. The Hall–Kier alpha value is -2.80. The highest BCUT2D eigenvalue weighted by Gasteiger charge is 2.36. The molecule has 0 bridgehead atoms. The summed E-state index contributed by atoms with van der Waals surface area (Å²) in [5, 5.41) is 4.50. The van der Waals surface area contributed by atoms with E-state index in [9.17, 15) is 13.6 Å². The molecule has 2 aromatic carbocycles.